The molecule has 2 aromatic carbocycles. The van der Waals surface area contributed by atoms with Crippen LogP contribution in [0.2, 0.25) is 10.0 Å². The molecule has 0 aliphatic heterocycles. The van der Waals surface area contributed by atoms with E-state index in [1.54, 1.807) is 6.07 Å². The molecule has 0 heterocycles. The fraction of sp³-hybridized carbons (Fsp3) is 0.0625. The van der Waals surface area contributed by atoms with Crippen molar-refractivity contribution in [2.75, 3.05) is 0 Å². The molecule has 0 fully saturated rings. The smallest absolute Gasteiger partial charge is 0.350 e. The highest BCUT2D eigenvalue weighted by atomic mass is 35.5. The van der Waals surface area contributed by atoms with E-state index < -0.39 is 16.6 Å². The van der Waals surface area contributed by atoms with Crippen molar-refractivity contribution in [1.29, 1.82) is 0 Å². The molecule has 0 saturated heterocycles. The number of esters is 1. The summed E-state index contributed by atoms with van der Waals surface area (Å²) in [7, 11) is 0. The van der Waals surface area contributed by atoms with E-state index in [4.69, 9.17) is 32.7 Å². The molecule has 0 N–H and O–H groups in total. The summed E-state index contributed by atoms with van der Waals surface area (Å²) in [6.07, 6.45) is 0. The van der Waals surface area contributed by atoms with Gasteiger partial charge in [-0.15, -0.1) is 0 Å². The van der Waals surface area contributed by atoms with Crippen molar-refractivity contribution < 1.29 is 19.2 Å². The predicted octanol–water partition coefficient (Wildman–Crippen LogP) is 5.38. The first-order chi connectivity index (χ1) is 11.3. The Labute approximate surface area is 147 Å². The lowest BCUT2D eigenvalue weighted by molar-refractivity contribution is -0.385. The van der Waals surface area contributed by atoms with Gasteiger partial charge in [0.05, 0.1) is 15.7 Å². The number of rotatable bonds is 5. The van der Waals surface area contributed by atoms with E-state index >= 15 is 0 Å². The van der Waals surface area contributed by atoms with Crippen LogP contribution in [-0.2, 0) is 4.74 Å². The molecule has 0 spiro atoms. The van der Waals surface area contributed by atoms with Gasteiger partial charge < -0.3 is 9.47 Å². The van der Waals surface area contributed by atoms with Crippen molar-refractivity contribution in [2.24, 2.45) is 0 Å². The molecule has 0 unspecified atom stereocenters. The monoisotopic (exact) mass is 367 g/mol. The van der Waals surface area contributed by atoms with Crippen molar-refractivity contribution in [3.05, 3.63) is 74.5 Å². The van der Waals surface area contributed by atoms with E-state index in [2.05, 4.69) is 6.58 Å². The lowest BCUT2D eigenvalue weighted by atomic mass is 10.1. The first-order valence-electron chi connectivity index (χ1n) is 6.57. The van der Waals surface area contributed by atoms with Gasteiger partial charge in [-0.3, -0.25) is 10.1 Å². The molecular weight excluding hydrogens is 357 g/mol. The molecular formula is C16H11Cl2NO5. The molecule has 0 atom stereocenters. The van der Waals surface area contributed by atoms with Gasteiger partial charge >= 0.3 is 5.97 Å². The second-order valence-electron chi connectivity index (χ2n) is 4.70. The topological polar surface area (TPSA) is 78.7 Å². The van der Waals surface area contributed by atoms with Crippen LogP contribution < -0.4 is 4.74 Å². The maximum Gasteiger partial charge on any atom is 0.350 e. The number of carbonyl (C=O) groups excluding carboxylic acids is 1. The molecule has 0 saturated carbocycles. The second kappa shape index (κ2) is 7.33. The van der Waals surface area contributed by atoms with Crippen molar-refractivity contribution in [2.45, 2.75) is 6.92 Å². The Hall–Kier alpha value is -2.57. The van der Waals surface area contributed by atoms with Gasteiger partial charge in [0, 0.05) is 17.2 Å². The van der Waals surface area contributed by atoms with E-state index in [1.165, 1.54) is 31.2 Å². The summed E-state index contributed by atoms with van der Waals surface area (Å²) in [6.45, 7) is 4.89. The number of carbonyl (C=O) groups is 1. The van der Waals surface area contributed by atoms with Crippen molar-refractivity contribution in [3.8, 4) is 11.5 Å². The molecule has 0 bridgehead atoms. The van der Waals surface area contributed by atoms with Crippen LogP contribution in [0.25, 0.3) is 0 Å². The van der Waals surface area contributed by atoms with Gasteiger partial charge in [0.2, 0.25) is 0 Å². The Morgan fingerprint density at radius 2 is 1.92 bits per heavy atom. The number of hydrogen-bond donors (Lipinski definition) is 0. The average molecular weight is 368 g/mol. The van der Waals surface area contributed by atoms with Crippen LogP contribution in [0.5, 0.6) is 11.5 Å². The molecule has 0 aromatic heterocycles. The van der Waals surface area contributed by atoms with Gasteiger partial charge in [-0.1, -0.05) is 29.8 Å². The molecule has 8 heteroatoms. The maximum absolute atomic E-state index is 12.0. The van der Waals surface area contributed by atoms with Crippen LogP contribution in [-0.4, -0.2) is 10.9 Å². The quantitative estimate of drug-likeness (QED) is 0.306. The first kappa shape index (κ1) is 17.8. The third-order valence-corrected chi connectivity index (χ3v) is 3.30. The Bertz CT molecular complexity index is 835. The standard InChI is InChI=1S/C16H11Cl2NO5/c1-9(2)23-16(20)12-8-11(4-5-14(12)19(21)22)24-15-6-3-10(17)7-13(15)18/h3-8H,1H2,2H3. The minimum absolute atomic E-state index is 0.112. The number of hydrogen-bond acceptors (Lipinski definition) is 5. The number of benzene rings is 2. The summed E-state index contributed by atoms with van der Waals surface area (Å²) < 4.78 is 10.4. The molecule has 0 radical (unpaired) electrons. The Morgan fingerprint density at radius 1 is 1.21 bits per heavy atom. The molecule has 2 rings (SSSR count). The Morgan fingerprint density at radius 3 is 2.50 bits per heavy atom. The van der Waals surface area contributed by atoms with Gasteiger partial charge in [-0.2, -0.15) is 0 Å². The van der Waals surface area contributed by atoms with Crippen molar-refractivity contribution in [3.63, 3.8) is 0 Å². The summed E-state index contributed by atoms with van der Waals surface area (Å²) in [4.78, 5) is 22.4. The molecule has 0 aliphatic rings. The SMILES string of the molecule is C=C(C)OC(=O)c1cc(Oc2ccc(Cl)cc2Cl)ccc1[N+](=O)[O-]. The molecule has 124 valence electrons. The summed E-state index contributed by atoms with van der Waals surface area (Å²) in [5, 5.41) is 11.8. The van der Waals surface area contributed by atoms with E-state index in [-0.39, 0.29) is 27.8 Å². The molecule has 6 nitrogen and oxygen atoms in total. The lowest BCUT2D eigenvalue weighted by Gasteiger charge is -2.10. The normalized spacial score (nSPS) is 10.1. The van der Waals surface area contributed by atoms with E-state index in [9.17, 15) is 14.9 Å². The zero-order chi connectivity index (χ0) is 17.9. The van der Waals surface area contributed by atoms with Gasteiger partial charge in [0.25, 0.3) is 5.69 Å². The van der Waals surface area contributed by atoms with Gasteiger partial charge in [-0.05, 0) is 31.2 Å². The fourth-order valence-electron chi connectivity index (χ4n) is 1.80. The zero-order valence-corrected chi connectivity index (χ0v) is 13.9. The van der Waals surface area contributed by atoms with Gasteiger partial charge in [0.1, 0.15) is 17.1 Å². The van der Waals surface area contributed by atoms with E-state index in [0.29, 0.717) is 5.02 Å². The number of nitrogens with zero attached hydrogens (tertiary/aromatic N) is 1. The zero-order valence-electron chi connectivity index (χ0n) is 12.4. The third-order valence-electron chi connectivity index (χ3n) is 2.77. The second-order valence-corrected chi connectivity index (χ2v) is 5.55. The van der Waals surface area contributed by atoms with E-state index in [0.717, 1.165) is 6.07 Å². The van der Waals surface area contributed by atoms with Crippen LogP contribution in [0, 0.1) is 10.1 Å². The summed E-state index contributed by atoms with van der Waals surface area (Å²) in [6, 6.07) is 8.30. The number of nitro groups is 1. The Kier molecular flexibility index (Phi) is 5.43. The average Bonchev–Trinajstić information content (AvgIpc) is 2.49. The summed E-state index contributed by atoms with van der Waals surface area (Å²) >= 11 is 11.8. The molecule has 0 amide bonds. The van der Waals surface area contributed by atoms with Crippen LogP contribution in [0.15, 0.2) is 48.7 Å². The van der Waals surface area contributed by atoms with E-state index in [1.807, 2.05) is 0 Å². The molecule has 0 aliphatic carbocycles. The van der Waals surface area contributed by atoms with Crippen LogP contribution in [0.4, 0.5) is 5.69 Å². The van der Waals surface area contributed by atoms with Crippen molar-refractivity contribution in [1.82, 2.24) is 0 Å². The van der Waals surface area contributed by atoms with Crippen LogP contribution in [0.3, 0.4) is 0 Å². The minimum atomic E-state index is -0.901. The summed E-state index contributed by atoms with van der Waals surface area (Å²) in [5.74, 6) is -0.323. The highest BCUT2D eigenvalue weighted by molar-refractivity contribution is 6.35. The van der Waals surface area contributed by atoms with Crippen LogP contribution >= 0.6 is 23.2 Å². The highest BCUT2D eigenvalue weighted by Crippen LogP contribution is 2.33. The highest BCUT2D eigenvalue weighted by Gasteiger charge is 2.23. The number of ether oxygens (including phenoxy) is 2. The largest absolute Gasteiger partial charge is 0.456 e. The number of allylic oxidation sites excluding steroid dienone is 1. The van der Waals surface area contributed by atoms with Crippen molar-refractivity contribution >= 4 is 34.9 Å². The van der Waals surface area contributed by atoms with Crippen LogP contribution in [0.1, 0.15) is 17.3 Å². The Balaban J connectivity index is 2.40. The molecule has 2 aromatic rings. The summed E-state index contributed by atoms with van der Waals surface area (Å²) in [5.41, 5.74) is -0.665. The minimum Gasteiger partial charge on any atom is -0.456 e. The van der Waals surface area contributed by atoms with Gasteiger partial charge in [-0.25, -0.2) is 4.79 Å². The first-order valence-corrected chi connectivity index (χ1v) is 7.32. The predicted molar refractivity (Wildman–Crippen MR) is 89.9 cm³/mol. The third kappa shape index (κ3) is 4.24. The number of nitro benzene ring substituents is 1. The van der Waals surface area contributed by atoms with Gasteiger partial charge in [0.15, 0.2) is 0 Å². The number of halogens is 2. The fourth-order valence-corrected chi connectivity index (χ4v) is 2.25. The lowest BCUT2D eigenvalue weighted by Crippen LogP contribution is -2.07. The maximum atomic E-state index is 12.0. The molecule has 24 heavy (non-hydrogen) atoms.